The fraction of sp³-hybridized carbons (Fsp3) is 0.174. The van der Waals surface area contributed by atoms with Crippen LogP contribution in [0.4, 0.5) is 5.69 Å². The second-order valence-corrected chi connectivity index (χ2v) is 7.31. The summed E-state index contributed by atoms with van der Waals surface area (Å²) in [5, 5.41) is 2.92. The van der Waals surface area contributed by atoms with Crippen LogP contribution in [0.1, 0.15) is 21.5 Å². The Balaban J connectivity index is 1.85. The van der Waals surface area contributed by atoms with E-state index in [1.54, 1.807) is 12.1 Å². The topological polar surface area (TPSA) is 56.8 Å². The maximum Gasteiger partial charge on any atom is 0.255 e. The van der Waals surface area contributed by atoms with Crippen molar-refractivity contribution >= 4 is 27.5 Å². The SMILES string of the molecule is COc1cc(C(=O)Nc2ccc(Br)cc2C)cc(OC)c1OCc1ccccc1. The maximum absolute atomic E-state index is 12.8. The minimum absolute atomic E-state index is 0.262. The molecule has 0 spiro atoms. The second kappa shape index (κ2) is 9.47. The molecule has 6 heteroatoms. The molecule has 3 rings (SSSR count). The molecule has 0 unspecified atom stereocenters. The highest BCUT2D eigenvalue weighted by atomic mass is 79.9. The molecule has 0 aromatic heterocycles. The van der Waals surface area contributed by atoms with E-state index in [-0.39, 0.29) is 5.91 Å². The van der Waals surface area contributed by atoms with Gasteiger partial charge in [-0.25, -0.2) is 0 Å². The molecular formula is C23H22BrNO4. The van der Waals surface area contributed by atoms with Crippen LogP contribution in [-0.2, 0) is 6.61 Å². The lowest BCUT2D eigenvalue weighted by Crippen LogP contribution is -2.13. The highest BCUT2D eigenvalue weighted by Crippen LogP contribution is 2.39. The summed E-state index contributed by atoms with van der Waals surface area (Å²) in [4.78, 5) is 12.8. The van der Waals surface area contributed by atoms with Gasteiger partial charge in [0.15, 0.2) is 11.5 Å². The summed E-state index contributed by atoms with van der Waals surface area (Å²) in [5.74, 6) is 1.05. The lowest BCUT2D eigenvalue weighted by atomic mass is 10.1. The third kappa shape index (κ3) is 5.09. The highest BCUT2D eigenvalue weighted by molar-refractivity contribution is 9.10. The van der Waals surface area contributed by atoms with E-state index in [9.17, 15) is 4.79 Å². The van der Waals surface area contributed by atoms with Crippen molar-refractivity contribution in [2.45, 2.75) is 13.5 Å². The Morgan fingerprint density at radius 3 is 2.21 bits per heavy atom. The zero-order valence-corrected chi connectivity index (χ0v) is 18.1. The number of amides is 1. The monoisotopic (exact) mass is 455 g/mol. The Morgan fingerprint density at radius 2 is 1.62 bits per heavy atom. The van der Waals surface area contributed by atoms with E-state index in [1.807, 2.05) is 55.5 Å². The molecule has 0 bridgehead atoms. The van der Waals surface area contributed by atoms with Gasteiger partial charge in [0, 0.05) is 15.7 Å². The molecule has 29 heavy (non-hydrogen) atoms. The molecule has 0 saturated carbocycles. The summed E-state index contributed by atoms with van der Waals surface area (Å²) in [6.07, 6.45) is 0. The first-order valence-electron chi connectivity index (χ1n) is 9.02. The summed E-state index contributed by atoms with van der Waals surface area (Å²) in [5.41, 5.74) is 3.12. The van der Waals surface area contributed by atoms with Gasteiger partial charge in [-0.05, 0) is 48.4 Å². The van der Waals surface area contributed by atoms with E-state index in [2.05, 4.69) is 21.2 Å². The molecule has 0 aliphatic carbocycles. The molecule has 0 aliphatic heterocycles. The third-order valence-corrected chi connectivity index (χ3v) is 4.88. The van der Waals surface area contributed by atoms with Crippen molar-refractivity contribution in [2.24, 2.45) is 0 Å². The molecule has 0 saturated heterocycles. The molecule has 0 fully saturated rings. The number of ether oxygens (including phenoxy) is 3. The van der Waals surface area contributed by atoms with E-state index in [4.69, 9.17) is 14.2 Å². The van der Waals surface area contributed by atoms with Gasteiger partial charge >= 0.3 is 0 Å². The number of carbonyl (C=O) groups excluding carboxylic acids is 1. The predicted molar refractivity (Wildman–Crippen MR) is 117 cm³/mol. The summed E-state index contributed by atoms with van der Waals surface area (Å²) < 4.78 is 17.8. The average Bonchev–Trinajstić information content (AvgIpc) is 2.74. The van der Waals surface area contributed by atoms with E-state index in [1.165, 1.54) is 14.2 Å². The number of anilines is 1. The van der Waals surface area contributed by atoms with E-state index < -0.39 is 0 Å². The van der Waals surface area contributed by atoms with Gasteiger partial charge in [0.2, 0.25) is 5.75 Å². The van der Waals surface area contributed by atoms with E-state index in [0.717, 1.165) is 21.3 Å². The van der Waals surface area contributed by atoms with Gasteiger partial charge in [0.05, 0.1) is 14.2 Å². The number of aryl methyl sites for hydroxylation is 1. The molecule has 1 amide bonds. The van der Waals surface area contributed by atoms with Gasteiger partial charge in [-0.3, -0.25) is 4.79 Å². The van der Waals surface area contributed by atoms with E-state index in [0.29, 0.717) is 29.4 Å². The zero-order valence-electron chi connectivity index (χ0n) is 16.5. The number of benzene rings is 3. The van der Waals surface area contributed by atoms with Crippen LogP contribution in [0.25, 0.3) is 0 Å². The Kier molecular flexibility index (Phi) is 6.77. The number of halogens is 1. The minimum atomic E-state index is -0.262. The minimum Gasteiger partial charge on any atom is -0.493 e. The fourth-order valence-corrected chi connectivity index (χ4v) is 3.32. The van der Waals surface area contributed by atoms with Crippen molar-refractivity contribution in [3.8, 4) is 17.2 Å². The molecule has 1 N–H and O–H groups in total. The van der Waals surface area contributed by atoms with Crippen LogP contribution in [0, 0.1) is 6.92 Å². The summed E-state index contributed by atoms with van der Waals surface area (Å²) in [6.45, 7) is 2.29. The van der Waals surface area contributed by atoms with Gasteiger partial charge in [0.1, 0.15) is 6.61 Å². The van der Waals surface area contributed by atoms with Gasteiger partial charge in [0.25, 0.3) is 5.91 Å². The van der Waals surface area contributed by atoms with Crippen LogP contribution in [0.5, 0.6) is 17.2 Å². The molecule has 0 radical (unpaired) electrons. The van der Waals surface area contributed by atoms with Gasteiger partial charge in [-0.2, -0.15) is 0 Å². The first kappa shape index (κ1) is 20.7. The molecular weight excluding hydrogens is 434 g/mol. The Bertz CT molecular complexity index is 980. The Morgan fingerprint density at radius 1 is 0.966 bits per heavy atom. The summed E-state index contributed by atoms with van der Waals surface area (Å²) in [7, 11) is 3.06. The third-order valence-electron chi connectivity index (χ3n) is 4.39. The number of hydrogen-bond donors (Lipinski definition) is 1. The van der Waals surface area contributed by atoms with Gasteiger partial charge in [-0.1, -0.05) is 46.3 Å². The number of hydrogen-bond acceptors (Lipinski definition) is 4. The maximum atomic E-state index is 12.8. The van der Waals surface area contributed by atoms with Crippen molar-refractivity contribution in [3.05, 3.63) is 81.8 Å². The molecule has 0 aliphatic rings. The molecule has 0 atom stereocenters. The van der Waals surface area contributed by atoms with Crippen molar-refractivity contribution in [1.29, 1.82) is 0 Å². The number of rotatable bonds is 7. The number of methoxy groups -OCH3 is 2. The van der Waals surface area contributed by atoms with Gasteiger partial charge in [-0.15, -0.1) is 0 Å². The van der Waals surface area contributed by atoms with E-state index >= 15 is 0 Å². The molecule has 5 nitrogen and oxygen atoms in total. The Labute approximate surface area is 178 Å². The molecule has 0 heterocycles. The fourth-order valence-electron chi connectivity index (χ4n) is 2.84. The smallest absolute Gasteiger partial charge is 0.255 e. The van der Waals surface area contributed by atoms with Crippen LogP contribution in [0.2, 0.25) is 0 Å². The van der Waals surface area contributed by atoms with Gasteiger partial charge < -0.3 is 19.5 Å². The summed E-state index contributed by atoms with van der Waals surface area (Å²) >= 11 is 3.42. The first-order chi connectivity index (χ1) is 14.0. The average molecular weight is 456 g/mol. The van der Waals surface area contributed by atoms with Crippen LogP contribution >= 0.6 is 15.9 Å². The molecule has 3 aromatic carbocycles. The first-order valence-corrected chi connectivity index (χ1v) is 9.81. The second-order valence-electron chi connectivity index (χ2n) is 6.40. The van der Waals surface area contributed by atoms with Crippen LogP contribution in [-0.4, -0.2) is 20.1 Å². The highest BCUT2D eigenvalue weighted by Gasteiger charge is 2.18. The largest absolute Gasteiger partial charge is 0.493 e. The van der Waals surface area contributed by atoms with Crippen LogP contribution < -0.4 is 19.5 Å². The van der Waals surface area contributed by atoms with Crippen molar-refractivity contribution < 1.29 is 19.0 Å². The van der Waals surface area contributed by atoms with Crippen LogP contribution in [0.15, 0.2) is 65.1 Å². The molecule has 150 valence electrons. The lowest BCUT2D eigenvalue weighted by Gasteiger charge is -2.16. The standard InChI is InChI=1S/C23H22BrNO4/c1-15-11-18(24)9-10-19(15)25-23(26)17-12-20(27-2)22(21(13-17)28-3)29-14-16-7-5-4-6-8-16/h4-13H,14H2,1-3H3,(H,25,26). The molecule has 3 aromatic rings. The Hall–Kier alpha value is -2.99. The zero-order chi connectivity index (χ0) is 20.8. The lowest BCUT2D eigenvalue weighted by molar-refractivity contribution is 0.102. The van der Waals surface area contributed by atoms with Crippen molar-refractivity contribution in [3.63, 3.8) is 0 Å². The van der Waals surface area contributed by atoms with Crippen molar-refractivity contribution in [1.82, 2.24) is 0 Å². The predicted octanol–water partition coefficient (Wildman–Crippen LogP) is 5.61. The van der Waals surface area contributed by atoms with Crippen LogP contribution in [0.3, 0.4) is 0 Å². The number of carbonyl (C=O) groups is 1. The summed E-state index contributed by atoms with van der Waals surface area (Å²) in [6, 6.07) is 18.8. The quantitative estimate of drug-likeness (QED) is 0.503. The van der Waals surface area contributed by atoms with Crippen molar-refractivity contribution in [2.75, 3.05) is 19.5 Å². The normalized spacial score (nSPS) is 10.3. The number of nitrogens with one attached hydrogen (secondary N) is 1.